The largest absolute Gasteiger partial charge is 0.384 e. The van der Waals surface area contributed by atoms with Crippen LogP contribution in [-0.4, -0.2) is 5.84 Å². The summed E-state index contributed by atoms with van der Waals surface area (Å²) in [6.45, 7) is 3.91. The first-order valence-electron chi connectivity index (χ1n) is 3.63. The second-order valence-corrected chi connectivity index (χ2v) is 3.74. The Morgan fingerprint density at radius 1 is 1.33 bits per heavy atom. The Morgan fingerprint density at radius 3 is 2.08 bits per heavy atom. The van der Waals surface area contributed by atoms with Crippen LogP contribution >= 0.6 is 15.9 Å². The molecule has 2 nitrogen and oxygen atoms in total. The normalized spacial score (nSPS) is 9.92. The van der Waals surface area contributed by atoms with E-state index in [0.717, 1.165) is 21.2 Å². The van der Waals surface area contributed by atoms with Crippen LogP contribution < -0.4 is 5.73 Å². The van der Waals surface area contributed by atoms with Crippen LogP contribution in [0.1, 0.15) is 16.7 Å². The van der Waals surface area contributed by atoms with Gasteiger partial charge in [0, 0.05) is 10.0 Å². The van der Waals surface area contributed by atoms with Gasteiger partial charge >= 0.3 is 0 Å². The maximum atomic E-state index is 7.35. The number of nitrogens with two attached hydrogens (primary N) is 1. The van der Waals surface area contributed by atoms with Crippen molar-refractivity contribution >= 4 is 21.8 Å². The molecular formula is C9H11BrN2. The van der Waals surface area contributed by atoms with Gasteiger partial charge in [-0.15, -0.1) is 0 Å². The maximum absolute atomic E-state index is 7.35. The summed E-state index contributed by atoms with van der Waals surface area (Å²) in [5.74, 6) is 0.137. The molecule has 0 fully saturated rings. The fourth-order valence-corrected chi connectivity index (χ4v) is 2.02. The number of amidine groups is 1. The lowest BCUT2D eigenvalue weighted by Crippen LogP contribution is -2.14. The smallest absolute Gasteiger partial charge is 0.123 e. The lowest BCUT2D eigenvalue weighted by atomic mass is 10.0. The lowest BCUT2D eigenvalue weighted by Gasteiger charge is -2.07. The maximum Gasteiger partial charge on any atom is 0.123 e. The van der Waals surface area contributed by atoms with E-state index >= 15 is 0 Å². The first kappa shape index (κ1) is 9.26. The summed E-state index contributed by atoms with van der Waals surface area (Å²) in [6.07, 6.45) is 0. The van der Waals surface area contributed by atoms with Crippen LogP contribution in [0.3, 0.4) is 0 Å². The molecule has 1 aromatic rings. The molecular weight excluding hydrogens is 216 g/mol. The van der Waals surface area contributed by atoms with Crippen LogP contribution in [0.4, 0.5) is 0 Å². The Bertz CT molecular complexity index is 308. The van der Waals surface area contributed by atoms with E-state index in [0.29, 0.717) is 0 Å². The molecule has 0 aliphatic heterocycles. The van der Waals surface area contributed by atoms with E-state index in [4.69, 9.17) is 11.1 Å². The Kier molecular flexibility index (Phi) is 2.52. The van der Waals surface area contributed by atoms with Gasteiger partial charge in [-0.25, -0.2) is 0 Å². The Morgan fingerprint density at radius 2 is 1.75 bits per heavy atom. The molecule has 0 atom stereocenters. The highest BCUT2D eigenvalue weighted by Crippen LogP contribution is 2.19. The molecule has 0 aromatic heterocycles. The van der Waals surface area contributed by atoms with Gasteiger partial charge in [-0.3, -0.25) is 5.41 Å². The molecule has 0 unspecified atom stereocenters. The van der Waals surface area contributed by atoms with E-state index in [2.05, 4.69) is 15.9 Å². The summed E-state index contributed by atoms with van der Waals surface area (Å²) in [5, 5.41) is 7.35. The van der Waals surface area contributed by atoms with Crippen molar-refractivity contribution in [2.24, 2.45) is 5.73 Å². The third-order valence-electron chi connectivity index (χ3n) is 1.77. The van der Waals surface area contributed by atoms with Gasteiger partial charge in [0.05, 0.1) is 0 Å². The number of halogens is 1. The first-order chi connectivity index (χ1) is 5.52. The Balaban J connectivity index is 3.38. The van der Waals surface area contributed by atoms with Crippen molar-refractivity contribution in [2.45, 2.75) is 13.8 Å². The topological polar surface area (TPSA) is 49.9 Å². The molecule has 1 rings (SSSR count). The number of nitrogens with one attached hydrogen (secondary N) is 1. The molecule has 0 saturated carbocycles. The molecule has 0 aliphatic carbocycles. The van der Waals surface area contributed by atoms with Gasteiger partial charge in [-0.05, 0) is 37.1 Å². The number of rotatable bonds is 1. The van der Waals surface area contributed by atoms with Crippen molar-refractivity contribution in [3.8, 4) is 0 Å². The highest BCUT2D eigenvalue weighted by atomic mass is 79.9. The average molecular weight is 227 g/mol. The van der Waals surface area contributed by atoms with Crippen LogP contribution in [0.2, 0.25) is 0 Å². The number of hydrogen-bond donors (Lipinski definition) is 2. The van der Waals surface area contributed by atoms with Gasteiger partial charge in [-0.2, -0.15) is 0 Å². The summed E-state index contributed by atoms with van der Waals surface area (Å²) in [5.41, 5.74) is 8.35. The minimum Gasteiger partial charge on any atom is -0.384 e. The molecule has 3 N–H and O–H groups in total. The zero-order valence-electron chi connectivity index (χ0n) is 7.11. The highest BCUT2D eigenvalue weighted by Gasteiger charge is 2.05. The molecule has 0 radical (unpaired) electrons. The molecule has 0 bridgehead atoms. The monoisotopic (exact) mass is 226 g/mol. The van der Waals surface area contributed by atoms with Gasteiger partial charge in [0.25, 0.3) is 0 Å². The Labute approximate surface area is 80.4 Å². The van der Waals surface area contributed by atoms with E-state index in [1.807, 2.05) is 26.0 Å². The van der Waals surface area contributed by atoms with Crippen LogP contribution in [-0.2, 0) is 0 Å². The highest BCUT2D eigenvalue weighted by molar-refractivity contribution is 9.10. The molecule has 0 saturated heterocycles. The molecule has 0 heterocycles. The minimum absolute atomic E-state index is 0.137. The fourth-order valence-electron chi connectivity index (χ4n) is 1.34. The van der Waals surface area contributed by atoms with Gasteiger partial charge in [0.2, 0.25) is 0 Å². The lowest BCUT2D eigenvalue weighted by molar-refractivity contribution is 1.30. The minimum atomic E-state index is 0.137. The molecule has 0 amide bonds. The van der Waals surface area contributed by atoms with Crippen LogP contribution in [0, 0.1) is 19.3 Å². The zero-order chi connectivity index (χ0) is 9.30. The Hall–Kier alpha value is -0.830. The van der Waals surface area contributed by atoms with Crippen LogP contribution in [0.5, 0.6) is 0 Å². The molecule has 1 aromatic carbocycles. The van der Waals surface area contributed by atoms with Gasteiger partial charge in [0.1, 0.15) is 5.84 Å². The summed E-state index contributed by atoms with van der Waals surface area (Å²) in [4.78, 5) is 0. The van der Waals surface area contributed by atoms with E-state index in [1.165, 1.54) is 0 Å². The molecule has 0 spiro atoms. The van der Waals surface area contributed by atoms with Gasteiger partial charge < -0.3 is 5.73 Å². The summed E-state index contributed by atoms with van der Waals surface area (Å²) < 4.78 is 1.03. The average Bonchev–Trinajstić information content (AvgIpc) is 1.82. The van der Waals surface area contributed by atoms with Crippen molar-refractivity contribution < 1.29 is 0 Å². The predicted molar refractivity (Wildman–Crippen MR) is 54.6 cm³/mol. The van der Waals surface area contributed by atoms with Crippen molar-refractivity contribution in [1.29, 1.82) is 5.41 Å². The van der Waals surface area contributed by atoms with E-state index in [-0.39, 0.29) is 5.84 Å². The van der Waals surface area contributed by atoms with E-state index < -0.39 is 0 Å². The van der Waals surface area contributed by atoms with E-state index in [9.17, 15) is 0 Å². The number of aryl methyl sites for hydroxylation is 2. The van der Waals surface area contributed by atoms with E-state index in [1.54, 1.807) is 0 Å². The second kappa shape index (κ2) is 3.27. The molecule has 0 aliphatic rings. The standard InChI is InChI=1S/C9H11BrN2/c1-5-3-7(10)4-6(2)8(5)9(11)12/h3-4H,1-2H3,(H3,11,12). The second-order valence-electron chi connectivity index (χ2n) is 2.83. The zero-order valence-corrected chi connectivity index (χ0v) is 8.70. The molecule has 64 valence electrons. The molecule has 12 heavy (non-hydrogen) atoms. The summed E-state index contributed by atoms with van der Waals surface area (Å²) in [6, 6.07) is 3.92. The van der Waals surface area contributed by atoms with Crippen molar-refractivity contribution in [3.63, 3.8) is 0 Å². The van der Waals surface area contributed by atoms with Crippen LogP contribution in [0.15, 0.2) is 16.6 Å². The summed E-state index contributed by atoms with van der Waals surface area (Å²) in [7, 11) is 0. The summed E-state index contributed by atoms with van der Waals surface area (Å²) >= 11 is 3.38. The fraction of sp³-hybridized carbons (Fsp3) is 0.222. The number of benzene rings is 1. The molecule has 3 heteroatoms. The van der Waals surface area contributed by atoms with Crippen LogP contribution in [0.25, 0.3) is 0 Å². The quantitative estimate of drug-likeness (QED) is 0.561. The predicted octanol–water partition coefficient (Wildman–Crippen LogP) is 2.35. The third-order valence-corrected chi connectivity index (χ3v) is 2.22. The van der Waals surface area contributed by atoms with Crippen molar-refractivity contribution in [1.82, 2.24) is 0 Å². The number of hydrogen-bond acceptors (Lipinski definition) is 1. The first-order valence-corrected chi connectivity index (χ1v) is 4.43. The number of nitrogen functional groups attached to an aromatic ring is 1. The SMILES string of the molecule is Cc1cc(Br)cc(C)c1C(=N)N. The van der Waals surface area contributed by atoms with Crippen molar-refractivity contribution in [2.75, 3.05) is 0 Å². The van der Waals surface area contributed by atoms with Gasteiger partial charge in [0.15, 0.2) is 0 Å². The van der Waals surface area contributed by atoms with Crippen molar-refractivity contribution in [3.05, 3.63) is 33.3 Å². The van der Waals surface area contributed by atoms with Gasteiger partial charge in [-0.1, -0.05) is 15.9 Å². The third kappa shape index (κ3) is 1.67.